The molecule has 1 aliphatic heterocycles. The molecule has 0 bridgehead atoms. The third kappa shape index (κ3) is 6.18. The minimum absolute atomic E-state index is 0.126. The highest BCUT2D eigenvalue weighted by Crippen LogP contribution is 2.18. The third-order valence-electron chi connectivity index (χ3n) is 3.49. The summed E-state index contributed by atoms with van der Waals surface area (Å²) in [5, 5.41) is 12.3. The molecule has 114 valence electrons. The van der Waals surface area contributed by atoms with Crippen molar-refractivity contribution in [3.63, 3.8) is 0 Å². The number of piperidine rings is 1. The first kappa shape index (κ1) is 16.8. The van der Waals surface area contributed by atoms with Crippen molar-refractivity contribution in [2.75, 3.05) is 46.2 Å². The van der Waals surface area contributed by atoms with Crippen molar-refractivity contribution in [3.8, 4) is 0 Å². The number of aliphatic hydroxyl groups is 1. The summed E-state index contributed by atoms with van der Waals surface area (Å²) >= 11 is 0. The molecule has 0 saturated carbocycles. The van der Waals surface area contributed by atoms with Crippen LogP contribution in [0.4, 0.5) is 0 Å². The van der Waals surface area contributed by atoms with E-state index in [2.05, 4.69) is 5.32 Å². The van der Waals surface area contributed by atoms with Gasteiger partial charge >= 0.3 is 0 Å². The molecule has 0 radical (unpaired) electrons. The summed E-state index contributed by atoms with van der Waals surface area (Å²) in [6, 6.07) is 0.128. The zero-order valence-corrected chi connectivity index (χ0v) is 12.7. The van der Waals surface area contributed by atoms with Crippen LogP contribution >= 0.6 is 0 Å². The van der Waals surface area contributed by atoms with Crippen molar-refractivity contribution in [1.29, 1.82) is 0 Å². The van der Waals surface area contributed by atoms with Gasteiger partial charge in [-0.15, -0.1) is 0 Å². The molecule has 7 heteroatoms. The summed E-state index contributed by atoms with van der Waals surface area (Å²) < 4.78 is 29.7. The number of nitrogens with one attached hydrogen (secondary N) is 1. The summed E-state index contributed by atoms with van der Waals surface area (Å²) in [4.78, 5) is 0. The number of ether oxygens (including phenoxy) is 1. The predicted molar refractivity (Wildman–Crippen MR) is 74.5 cm³/mol. The first-order chi connectivity index (χ1) is 8.97. The number of methoxy groups -OCH3 is 1. The maximum Gasteiger partial charge on any atom is 0.211 e. The number of hydrogen-bond donors (Lipinski definition) is 2. The molecule has 0 spiro atoms. The van der Waals surface area contributed by atoms with E-state index < -0.39 is 10.0 Å². The first-order valence-electron chi connectivity index (χ1n) is 6.75. The number of aliphatic hydroxyl groups excluding tert-OH is 1. The minimum atomic E-state index is -3.08. The second-order valence-corrected chi connectivity index (χ2v) is 7.18. The maximum absolute atomic E-state index is 11.5. The molecular weight excluding hydrogens is 268 g/mol. The second kappa shape index (κ2) is 8.16. The van der Waals surface area contributed by atoms with Gasteiger partial charge in [-0.05, 0) is 31.7 Å². The maximum atomic E-state index is 11.5. The predicted octanol–water partition coefficient (Wildman–Crippen LogP) is -0.355. The van der Waals surface area contributed by atoms with E-state index >= 15 is 0 Å². The van der Waals surface area contributed by atoms with Crippen molar-refractivity contribution in [3.05, 3.63) is 0 Å². The van der Waals surface area contributed by atoms with Gasteiger partial charge in [0.2, 0.25) is 10.0 Å². The molecule has 19 heavy (non-hydrogen) atoms. The quantitative estimate of drug-likeness (QED) is 0.639. The molecule has 1 rings (SSSR count). The normalized spacial score (nSPS) is 23.4. The molecule has 6 nitrogen and oxygen atoms in total. The Morgan fingerprint density at radius 1 is 1.53 bits per heavy atom. The zero-order chi connectivity index (χ0) is 14.3. The number of hydrogen-bond acceptors (Lipinski definition) is 5. The lowest BCUT2D eigenvalue weighted by Gasteiger charge is -2.32. The number of nitrogens with zero attached hydrogens (tertiary/aromatic N) is 1. The van der Waals surface area contributed by atoms with Gasteiger partial charge in [0.1, 0.15) is 0 Å². The van der Waals surface area contributed by atoms with Crippen LogP contribution in [0.3, 0.4) is 0 Å². The van der Waals surface area contributed by atoms with Crippen LogP contribution in [-0.4, -0.2) is 70.1 Å². The van der Waals surface area contributed by atoms with E-state index in [1.807, 2.05) is 0 Å². The van der Waals surface area contributed by atoms with E-state index in [-0.39, 0.29) is 12.6 Å². The van der Waals surface area contributed by atoms with Crippen LogP contribution in [0.15, 0.2) is 0 Å². The Hall–Kier alpha value is -0.210. The van der Waals surface area contributed by atoms with E-state index in [1.165, 1.54) is 6.26 Å². The fraction of sp³-hybridized carbons (Fsp3) is 1.00. The van der Waals surface area contributed by atoms with E-state index in [0.717, 1.165) is 19.4 Å². The molecule has 2 unspecified atom stereocenters. The first-order valence-corrected chi connectivity index (χ1v) is 8.60. The van der Waals surface area contributed by atoms with Crippen LogP contribution in [0.1, 0.15) is 19.3 Å². The highest BCUT2D eigenvalue weighted by Gasteiger charge is 2.26. The lowest BCUT2D eigenvalue weighted by Crippen LogP contribution is -2.45. The van der Waals surface area contributed by atoms with Gasteiger partial charge < -0.3 is 15.2 Å². The summed E-state index contributed by atoms with van der Waals surface area (Å²) in [7, 11) is -1.44. The van der Waals surface area contributed by atoms with Gasteiger partial charge in [-0.3, -0.25) is 0 Å². The monoisotopic (exact) mass is 294 g/mol. The van der Waals surface area contributed by atoms with Crippen molar-refractivity contribution in [2.45, 2.75) is 25.3 Å². The van der Waals surface area contributed by atoms with Crippen LogP contribution in [-0.2, 0) is 14.8 Å². The van der Waals surface area contributed by atoms with Gasteiger partial charge in [0.25, 0.3) is 0 Å². The van der Waals surface area contributed by atoms with Crippen molar-refractivity contribution in [1.82, 2.24) is 9.62 Å². The molecule has 0 aromatic heterocycles. The van der Waals surface area contributed by atoms with Gasteiger partial charge in [0.15, 0.2) is 0 Å². The fourth-order valence-corrected chi connectivity index (χ4v) is 3.37. The molecule has 1 heterocycles. The largest absolute Gasteiger partial charge is 0.396 e. The summed E-state index contributed by atoms with van der Waals surface area (Å²) in [5.41, 5.74) is 0. The molecule has 1 aliphatic rings. The van der Waals surface area contributed by atoms with E-state index in [9.17, 15) is 8.42 Å². The van der Waals surface area contributed by atoms with Gasteiger partial charge in [-0.1, -0.05) is 0 Å². The Morgan fingerprint density at radius 3 is 2.84 bits per heavy atom. The number of rotatable bonds is 8. The molecule has 0 amide bonds. The average Bonchev–Trinajstić information content (AvgIpc) is 2.36. The molecule has 2 N–H and O–H groups in total. The molecule has 0 aliphatic carbocycles. The highest BCUT2D eigenvalue weighted by molar-refractivity contribution is 7.88. The second-order valence-electron chi connectivity index (χ2n) is 5.20. The summed E-state index contributed by atoms with van der Waals surface area (Å²) in [6.07, 6.45) is 3.87. The minimum Gasteiger partial charge on any atom is -0.396 e. The topological polar surface area (TPSA) is 78.9 Å². The van der Waals surface area contributed by atoms with E-state index in [0.29, 0.717) is 32.0 Å². The Labute approximate surface area is 116 Å². The van der Waals surface area contributed by atoms with Gasteiger partial charge in [0.05, 0.1) is 12.9 Å². The van der Waals surface area contributed by atoms with Crippen LogP contribution in [0.5, 0.6) is 0 Å². The van der Waals surface area contributed by atoms with Crippen LogP contribution in [0.25, 0.3) is 0 Å². The molecule has 2 atom stereocenters. The van der Waals surface area contributed by atoms with Gasteiger partial charge in [-0.2, -0.15) is 0 Å². The summed E-state index contributed by atoms with van der Waals surface area (Å²) in [5.74, 6) is 0.335. The van der Waals surface area contributed by atoms with Crippen LogP contribution in [0, 0.1) is 5.92 Å². The fourth-order valence-electron chi connectivity index (χ4n) is 2.43. The number of sulfonamides is 1. The van der Waals surface area contributed by atoms with Crippen molar-refractivity contribution in [2.24, 2.45) is 5.92 Å². The smallest absolute Gasteiger partial charge is 0.211 e. The lowest BCUT2D eigenvalue weighted by atomic mass is 9.99. The zero-order valence-electron chi connectivity index (χ0n) is 11.8. The van der Waals surface area contributed by atoms with Crippen LogP contribution in [0.2, 0.25) is 0 Å². The van der Waals surface area contributed by atoms with Crippen molar-refractivity contribution < 1.29 is 18.3 Å². The molecular formula is C12H26N2O4S. The Bertz CT molecular complexity index is 342. The molecule has 0 aromatic carbocycles. The summed E-state index contributed by atoms with van der Waals surface area (Å²) in [6.45, 7) is 2.67. The average molecular weight is 294 g/mol. The Balaban J connectivity index is 2.39. The van der Waals surface area contributed by atoms with Gasteiger partial charge in [-0.25, -0.2) is 12.7 Å². The Morgan fingerprint density at radius 2 is 2.26 bits per heavy atom. The molecule has 0 aromatic rings. The SMILES string of the molecule is COCC(CCO)NCC1CCCN(S(C)(=O)=O)C1. The highest BCUT2D eigenvalue weighted by atomic mass is 32.2. The lowest BCUT2D eigenvalue weighted by molar-refractivity contribution is 0.142. The Kier molecular flexibility index (Phi) is 7.23. The van der Waals surface area contributed by atoms with E-state index in [1.54, 1.807) is 11.4 Å². The standard InChI is InChI=1S/C12H26N2O4S/c1-18-10-12(5-7-15)13-8-11-4-3-6-14(9-11)19(2,16)17/h11-13,15H,3-10H2,1-2H3. The van der Waals surface area contributed by atoms with E-state index in [4.69, 9.17) is 9.84 Å². The van der Waals surface area contributed by atoms with Crippen LogP contribution < -0.4 is 5.32 Å². The van der Waals surface area contributed by atoms with Crippen molar-refractivity contribution >= 4 is 10.0 Å². The molecule has 1 saturated heterocycles. The molecule has 1 fully saturated rings. The third-order valence-corrected chi connectivity index (χ3v) is 4.76. The van der Waals surface area contributed by atoms with Gasteiger partial charge in [0, 0.05) is 32.8 Å².